The van der Waals surface area contributed by atoms with Crippen molar-refractivity contribution in [3.63, 3.8) is 0 Å². The van der Waals surface area contributed by atoms with Crippen LogP contribution in [0.15, 0.2) is 10.5 Å². The smallest absolute Gasteiger partial charge is 0.200 e. The number of rotatable bonds is 2. The van der Waals surface area contributed by atoms with Gasteiger partial charge in [0, 0.05) is 14.2 Å². The Morgan fingerprint density at radius 2 is 1.45 bits per heavy atom. The zero-order chi connectivity index (χ0) is 15.2. The maximum atomic E-state index is 13.6. The summed E-state index contributed by atoms with van der Waals surface area (Å²) in [6, 6.07) is 1.36. The van der Waals surface area contributed by atoms with Crippen molar-refractivity contribution in [2.75, 3.05) is 0 Å². The number of thiophene rings is 1. The summed E-state index contributed by atoms with van der Waals surface area (Å²) >= 11 is 4.12. The fourth-order valence-corrected chi connectivity index (χ4v) is 3.18. The molecule has 0 amide bonds. The van der Waals surface area contributed by atoms with Crippen LogP contribution in [0.1, 0.15) is 21.4 Å². The zero-order valence-electron chi connectivity index (χ0n) is 9.78. The Labute approximate surface area is 122 Å². The Bertz CT molecular complexity index is 636. The molecule has 1 unspecified atom stereocenters. The molecule has 0 radical (unpaired) electrons. The van der Waals surface area contributed by atoms with Gasteiger partial charge in [0.15, 0.2) is 23.3 Å². The lowest BCUT2D eigenvalue weighted by atomic mass is 10.1. The van der Waals surface area contributed by atoms with E-state index >= 15 is 0 Å². The van der Waals surface area contributed by atoms with Crippen LogP contribution in [-0.4, -0.2) is 5.11 Å². The number of aliphatic hydroxyl groups is 1. The van der Waals surface area contributed by atoms with Gasteiger partial charge < -0.3 is 5.11 Å². The van der Waals surface area contributed by atoms with Crippen LogP contribution >= 0.6 is 27.3 Å². The van der Waals surface area contributed by atoms with E-state index in [1.807, 2.05) is 0 Å². The average Bonchev–Trinajstić information content (AvgIpc) is 2.74. The highest BCUT2D eigenvalue weighted by Crippen LogP contribution is 2.37. The SMILES string of the molecule is Cc1sc(C(O)c2c(F)c(F)c(F)c(F)c2F)cc1Br. The topological polar surface area (TPSA) is 20.2 Å². The highest BCUT2D eigenvalue weighted by molar-refractivity contribution is 9.10. The number of hydrogen-bond donors (Lipinski definition) is 1. The van der Waals surface area contributed by atoms with Gasteiger partial charge in [-0.1, -0.05) is 0 Å². The zero-order valence-corrected chi connectivity index (χ0v) is 12.2. The summed E-state index contributed by atoms with van der Waals surface area (Å²) in [4.78, 5) is 0.764. The predicted molar refractivity (Wildman–Crippen MR) is 67.0 cm³/mol. The van der Waals surface area contributed by atoms with Gasteiger partial charge in [-0.15, -0.1) is 11.3 Å². The van der Waals surface area contributed by atoms with Crippen LogP contribution in [0.25, 0.3) is 0 Å². The van der Waals surface area contributed by atoms with E-state index in [0.717, 1.165) is 11.3 Å². The molecule has 0 spiro atoms. The van der Waals surface area contributed by atoms with Gasteiger partial charge in [-0.3, -0.25) is 0 Å². The third-order valence-electron chi connectivity index (χ3n) is 2.66. The van der Waals surface area contributed by atoms with Crippen LogP contribution in [0.5, 0.6) is 0 Å². The Hall–Kier alpha value is -0.990. The van der Waals surface area contributed by atoms with E-state index in [1.165, 1.54) is 6.07 Å². The van der Waals surface area contributed by atoms with Crippen molar-refractivity contribution in [3.8, 4) is 0 Å². The van der Waals surface area contributed by atoms with E-state index in [4.69, 9.17) is 0 Å². The number of aliphatic hydroxyl groups excluding tert-OH is 1. The average molecular weight is 373 g/mol. The molecule has 0 saturated heterocycles. The second-order valence-electron chi connectivity index (χ2n) is 3.94. The highest BCUT2D eigenvalue weighted by Gasteiger charge is 2.31. The monoisotopic (exact) mass is 372 g/mol. The summed E-state index contributed by atoms with van der Waals surface area (Å²) < 4.78 is 66.8. The minimum absolute atomic E-state index is 0.0672. The molecule has 0 saturated carbocycles. The molecule has 8 heteroatoms. The molecular formula is C12H6BrF5OS. The predicted octanol–water partition coefficient (Wildman–Crippen LogP) is 4.60. The van der Waals surface area contributed by atoms with Gasteiger partial charge in [0.1, 0.15) is 6.10 Å². The van der Waals surface area contributed by atoms with E-state index in [9.17, 15) is 27.1 Å². The second kappa shape index (κ2) is 5.42. The number of halogens is 6. The summed E-state index contributed by atoms with van der Waals surface area (Å²) in [5.74, 6) is -10.5. The molecule has 1 aromatic heterocycles. The minimum Gasteiger partial charge on any atom is -0.383 e. The fourth-order valence-electron chi connectivity index (χ4n) is 1.62. The first-order valence-electron chi connectivity index (χ1n) is 5.21. The van der Waals surface area contributed by atoms with Gasteiger partial charge in [0.25, 0.3) is 0 Å². The summed E-state index contributed by atoms with van der Waals surface area (Å²) in [6.45, 7) is 1.67. The van der Waals surface area contributed by atoms with Crippen LogP contribution in [0.3, 0.4) is 0 Å². The van der Waals surface area contributed by atoms with Crippen LogP contribution in [0.4, 0.5) is 22.0 Å². The van der Waals surface area contributed by atoms with Crippen molar-refractivity contribution in [3.05, 3.63) is 54.9 Å². The Balaban J connectivity index is 2.63. The van der Waals surface area contributed by atoms with Crippen molar-refractivity contribution >= 4 is 27.3 Å². The van der Waals surface area contributed by atoms with Gasteiger partial charge in [-0.05, 0) is 28.9 Å². The first-order valence-corrected chi connectivity index (χ1v) is 6.81. The number of benzene rings is 1. The molecule has 0 aliphatic carbocycles. The Morgan fingerprint density at radius 1 is 1.00 bits per heavy atom. The molecular weight excluding hydrogens is 367 g/mol. The molecule has 1 N–H and O–H groups in total. The normalized spacial score (nSPS) is 12.8. The van der Waals surface area contributed by atoms with Crippen LogP contribution < -0.4 is 0 Å². The number of hydrogen-bond acceptors (Lipinski definition) is 2. The Morgan fingerprint density at radius 3 is 1.85 bits per heavy atom. The van der Waals surface area contributed by atoms with Crippen LogP contribution in [0, 0.1) is 36.0 Å². The van der Waals surface area contributed by atoms with E-state index in [1.54, 1.807) is 6.92 Å². The molecule has 1 atom stereocenters. The van der Waals surface area contributed by atoms with Gasteiger partial charge in [0.2, 0.25) is 5.82 Å². The fraction of sp³-hybridized carbons (Fsp3) is 0.167. The number of aryl methyl sites for hydroxylation is 1. The van der Waals surface area contributed by atoms with E-state index < -0.39 is 40.8 Å². The molecule has 2 aromatic rings. The van der Waals surface area contributed by atoms with Crippen molar-refractivity contribution in [1.29, 1.82) is 0 Å². The standard InChI is InChI=1S/C12H6BrF5OS/c1-3-4(13)2-5(20-3)12(19)6-7(14)9(16)11(18)10(17)8(6)15/h2,12,19H,1H3. The van der Waals surface area contributed by atoms with Crippen molar-refractivity contribution in [1.82, 2.24) is 0 Å². The highest BCUT2D eigenvalue weighted by atomic mass is 79.9. The van der Waals surface area contributed by atoms with Crippen molar-refractivity contribution in [2.45, 2.75) is 13.0 Å². The third-order valence-corrected chi connectivity index (χ3v) is 4.85. The molecule has 2 rings (SSSR count). The van der Waals surface area contributed by atoms with Crippen molar-refractivity contribution in [2.24, 2.45) is 0 Å². The van der Waals surface area contributed by atoms with Gasteiger partial charge in [-0.2, -0.15) is 0 Å². The summed E-state index contributed by atoms with van der Waals surface area (Å²) in [5.41, 5.74) is -1.25. The largest absolute Gasteiger partial charge is 0.383 e. The van der Waals surface area contributed by atoms with Crippen LogP contribution in [0.2, 0.25) is 0 Å². The quantitative estimate of drug-likeness (QED) is 0.464. The molecule has 108 valence electrons. The summed E-state index contributed by atoms with van der Waals surface area (Å²) in [7, 11) is 0. The van der Waals surface area contributed by atoms with Gasteiger partial charge >= 0.3 is 0 Å². The molecule has 1 heterocycles. The molecule has 0 fully saturated rings. The molecule has 1 nitrogen and oxygen atoms in total. The van der Waals surface area contributed by atoms with Crippen LogP contribution in [-0.2, 0) is 0 Å². The lowest BCUT2D eigenvalue weighted by Crippen LogP contribution is -2.11. The molecule has 0 bridgehead atoms. The second-order valence-corrected chi connectivity index (χ2v) is 6.08. The van der Waals surface area contributed by atoms with E-state index in [-0.39, 0.29) is 4.88 Å². The summed E-state index contributed by atoms with van der Waals surface area (Å²) in [6.07, 6.45) is -1.94. The van der Waals surface area contributed by atoms with Gasteiger partial charge in [-0.25, -0.2) is 22.0 Å². The maximum Gasteiger partial charge on any atom is 0.200 e. The van der Waals surface area contributed by atoms with Crippen molar-refractivity contribution < 1.29 is 27.1 Å². The third kappa shape index (κ3) is 2.36. The maximum absolute atomic E-state index is 13.6. The first-order chi connectivity index (χ1) is 9.25. The molecule has 1 aromatic carbocycles. The minimum atomic E-state index is -2.25. The Kier molecular flexibility index (Phi) is 4.17. The molecule has 0 aliphatic heterocycles. The molecule has 20 heavy (non-hydrogen) atoms. The summed E-state index contributed by atoms with van der Waals surface area (Å²) in [5, 5.41) is 9.88. The van der Waals surface area contributed by atoms with E-state index in [0.29, 0.717) is 9.35 Å². The van der Waals surface area contributed by atoms with Gasteiger partial charge in [0.05, 0.1) is 5.56 Å². The van der Waals surface area contributed by atoms with E-state index in [2.05, 4.69) is 15.9 Å². The first kappa shape index (κ1) is 15.4. The lowest BCUT2D eigenvalue weighted by molar-refractivity contribution is 0.206. The lowest BCUT2D eigenvalue weighted by Gasteiger charge is -2.13. The molecule has 0 aliphatic rings.